The summed E-state index contributed by atoms with van der Waals surface area (Å²) in [6.45, 7) is 9.59. The van der Waals surface area contributed by atoms with Gasteiger partial charge in [-0.25, -0.2) is 9.78 Å². The van der Waals surface area contributed by atoms with Crippen molar-refractivity contribution in [1.29, 1.82) is 0 Å². The summed E-state index contributed by atoms with van der Waals surface area (Å²) in [5.74, 6) is -0.691. The zero-order valence-electron chi connectivity index (χ0n) is 27.9. The Morgan fingerprint density at radius 1 is 0.958 bits per heavy atom. The lowest BCUT2D eigenvalue weighted by Crippen LogP contribution is -2.73. The fourth-order valence-electron chi connectivity index (χ4n) is 5.57. The van der Waals surface area contributed by atoms with Crippen LogP contribution in [0.1, 0.15) is 70.6 Å². The van der Waals surface area contributed by atoms with Gasteiger partial charge in [0, 0.05) is 30.3 Å². The average molecular weight is 698 g/mol. The van der Waals surface area contributed by atoms with Crippen molar-refractivity contribution in [3.8, 4) is 5.75 Å². The van der Waals surface area contributed by atoms with Crippen LogP contribution in [0.25, 0.3) is 0 Å². The van der Waals surface area contributed by atoms with E-state index in [-0.39, 0.29) is 22.3 Å². The number of halogens is 3. The van der Waals surface area contributed by atoms with E-state index in [1.807, 2.05) is 27.7 Å². The first kappa shape index (κ1) is 36.6. The molecule has 13 nitrogen and oxygen atoms in total. The number of carbonyl (C=O) groups excluding carboxylic acids is 2. The Morgan fingerprint density at radius 2 is 1.52 bits per heavy atom. The highest BCUT2D eigenvalue weighted by Gasteiger charge is 2.61. The number of anilines is 3. The normalized spacial score (nSPS) is 20.9. The smallest absolute Gasteiger partial charge is 0.401 e. The number of pyridine rings is 1. The lowest BCUT2D eigenvalue weighted by molar-refractivity contribution is -1.14. The molecule has 1 saturated heterocycles. The van der Waals surface area contributed by atoms with E-state index in [0.29, 0.717) is 30.0 Å². The van der Waals surface area contributed by atoms with Gasteiger partial charge >= 0.3 is 22.3 Å². The predicted molar refractivity (Wildman–Crippen MR) is 171 cm³/mol. The number of hydrogen-bond acceptors (Lipinski definition) is 9. The van der Waals surface area contributed by atoms with Crippen LogP contribution in [0.15, 0.2) is 53.2 Å². The van der Waals surface area contributed by atoms with E-state index in [1.165, 1.54) is 36.5 Å². The first-order valence-electron chi connectivity index (χ1n) is 14.9. The van der Waals surface area contributed by atoms with E-state index in [4.69, 9.17) is 13.5 Å². The highest BCUT2D eigenvalue weighted by atomic mass is 32.2. The van der Waals surface area contributed by atoms with Crippen LogP contribution in [-0.2, 0) is 19.8 Å². The number of piperidine rings is 1. The molecule has 4 rings (SSSR count). The zero-order valence-corrected chi connectivity index (χ0v) is 28.7. The molecule has 1 aliphatic rings. The van der Waals surface area contributed by atoms with Gasteiger partial charge in [-0.3, -0.25) is 10.1 Å². The summed E-state index contributed by atoms with van der Waals surface area (Å²) in [5, 5.41) is 11.0. The van der Waals surface area contributed by atoms with Gasteiger partial charge in [-0.2, -0.15) is 26.2 Å². The van der Waals surface area contributed by atoms with Gasteiger partial charge in [0.25, 0.3) is 5.91 Å². The van der Waals surface area contributed by atoms with E-state index in [9.17, 15) is 31.2 Å². The molecule has 17 heteroatoms. The van der Waals surface area contributed by atoms with Gasteiger partial charge < -0.3 is 19.9 Å². The second-order valence-corrected chi connectivity index (χ2v) is 15.2. The van der Waals surface area contributed by atoms with Crippen LogP contribution in [0.3, 0.4) is 0 Å². The molecule has 0 radical (unpaired) electrons. The van der Waals surface area contributed by atoms with E-state index in [1.54, 1.807) is 13.1 Å². The third-order valence-electron chi connectivity index (χ3n) is 8.80. The second-order valence-electron chi connectivity index (χ2n) is 13.7. The van der Waals surface area contributed by atoms with Crippen LogP contribution in [0.4, 0.5) is 35.2 Å². The monoisotopic (exact) mass is 697 g/mol. The Bertz CT molecular complexity index is 1740. The number of hydrogen-bond donors (Lipinski definition) is 3. The van der Waals surface area contributed by atoms with Crippen LogP contribution in [-0.4, -0.2) is 71.8 Å². The standard InChI is InChI=1S/C31H39F3N6O7S/c1-28(2)16-22(17-29(3,4)40(28,7)47-48(8,43)44)45-21-13-14-23(35-18-21)26(41)36-19-9-11-20(12-10-19)37-27(42)38-25-15-24(46-39-25)30(5,6)31(32,33)34/h9-15,18,22H,16-17H2,1-8H3,(H2-,35,36,37,38,39,41,42)/p+1. The van der Waals surface area contributed by atoms with Crippen molar-refractivity contribution in [1.82, 2.24) is 10.1 Å². The van der Waals surface area contributed by atoms with Crippen molar-refractivity contribution in [2.45, 2.75) is 83.2 Å². The van der Waals surface area contributed by atoms with Crippen molar-refractivity contribution < 1.29 is 49.4 Å². The molecule has 0 spiro atoms. The highest BCUT2D eigenvalue weighted by Crippen LogP contribution is 2.46. The topological polar surface area (TPSA) is 162 Å². The number of ether oxygens (including phenoxy) is 1. The van der Waals surface area contributed by atoms with E-state index in [2.05, 4.69) is 26.1 Å². The van der Waals surface area contributed by atoms with Gasteiger partial charge in [-0.1, -0.05) is 9.44 Å². The minimum atomic E-state index is -4.58. The van der Waals surface area contributed by atoms with Gasteiger partial charge in [0.2, 0.25) is 0 Å². The molecular weight excluding hydrogens is 657 g/mol. The minimum Gasteiger partial charge on any atom is -0.488 e. The lowest BCUT2D eigenvalue weighted by Gasteiger charge is -2.56. The van der Waals surface area contributed by atoms with Crippen molar-refractivity contribution in [2.24, 2.45) is 0 Å². The molecule has 0 atom stereocenters. The third kappa shape index (κ3) is 7.90. The SMILES string of the molecule is CC(C)(c1cc(NC(=O)Nc2ccc(NC(=O)c3ccc(OC4CC(C)(C)[N+](C)(OS(C)(=O)=O)C(C)(C)C4)cn3)cc2)no1)C(F)(F)F. The van der Waals surface area contributed by atoms with Crippen LogP contribution < -0.4 is 20.7 Å². The Hall–Kier alpha value is -4.22. The van der Waals surface area contributed by atoms with E-state index in [0.717, 1.165) is 26.2 Å². The molecule has 0 unspecified atom stereocenters. The predicted octanol–water partition coefficient (Wildman–Crippen LogP) is 6.24. The number of carbonyl (C=O) groups is 2. The molecule has 0 aliphatic carbocycles. The fourth-order valence-corrected chi connectivity index (χ4v) is 6.51. The number of rotatable bonds is 9. The summed E-state index contributed by atoms with van der Waals surface area (Å²) in [4.78, 5) is 29.4. The quantitative estimate of drug-likeness (QED) is 0.220. The molecule has 262 valence electrons. The number of urea groups is 1. The summed E-state index contributed by atoms with van der Waals surface area (Å²) in [7, 11) is -1.97. The summed E-state index contributed by atoms with van der Waals surface area (Å²) in [5.41, 5.74) is -2.66. The molecule has 2 aromatic heterocycles. The number of alkyl halides is 3. The number of hydroxylamine groups is 3. The number of amides is 3. The van der Waals surface area contributed by atoms with Gasteiger partial charge in [0.05, 0.1) is 12.5 Å². The van der Waals surface area contributed by atoms with Crippen molar-refractivity contribution in [3.63, 3.8) is 0 Å². The molecule has 48 heavy (non-hydrogen) atoms. The van der Waals surface area contributed by atoms with Crippen LogP contribution in [0, 0.1) is 0 Å². The molecule has 1 fully saturated rings. The Balaban J connectivity index is 1.31. The van der Waals surface area contributed by atoms with Gasteiger partial charge in [-0.15, -0.1) is 0 Å². The molecule has 3 N–H and O–H groups in total. The van der Waals surface area contributed by atoms with Crippen molar-refractivity contribution >= 4 is 39.2 Å². The first-order valence-corrected chi connectivity index (χ1v) is 16.7. The maximum atomic E-state index is 13.2. The molecular formula is C31H40F3N6O7S+. The summed E-state index contributed by atoms with van der Waals surface area (Å²) in [6, 6.07) is 9.49. The number of nitrogens with one attached hydrogen (secondary N) is 3. The molecule has 1 aromatic carbocycles. The number of nitrogens with zero attached hydrogens (tertiary/aromatic N) is 3. The van der Waals surface area contributed by atoms with E-state index >= 15 is 0 Å². The number of benzene rings is 1. The number of quaternary nitrogens is 1. The van der Waals surface area contributed by atoms with Crippen LogP contribution in [0.5, 0.6) is 5.75 Å². The average Bonchev–Trinajstić information content (AvgIpc) is 3.40. The highest BCUT2D eigenvalue weighted by molar-refractivity contribution is 7.85. The number of aromatic nitrogens is 2. The molecule has 1 aliphatic heterocycles. The zero-order chi connectivity index (χ0) is 35.9. The van der Waals surface area contributed by atoms with Gasteiger partial charge in [0.1, 0.15) is 41.1 Å². The second kappa shape index (κ2) is 12.7. The molecule has 0 saturated carbocycles. The summed E-state index contributed by atoms with van der Waals surface area (Å²) in [6.07, 6.45) is -1.37. The largest absolute Gasteiger partial charge is 0.488 e. The Kier molecular flexibility index (Phi) is 9.66. The summed E-state index contributed by atoms with van der Waals surface area (Å²) < 4.78 is 80.3. The molecule has 3 amide bonds. The van der Waals surface area contributed by atoms with Crippen LogP contribution >= 0.6 is 0 Å². The maximum absolute atomic E-state index is 13.2. The van der Waals surface area contributed by atoms with Crippen molar-refractivity contribution in [2.75, 3.05) is 29.3 Å². The molecule has 3 heterocycles. The van der Waals surface area contributed by atoms with Gasteiger partial charge in [0.15, 0.2) is 11.6 Å². The fraction of sp³-hybridized carbons (Fsp3) is 0.484. The third-order valence-corrected chi connectivity index (χ3v) is 9.37. The molecule has 3 aromatic rings. The number of likely N-dealkylation sites (tertiary alicyclic amines) is 1. The molecule has 0 bridgehead atoms. The Morgan fingerprint density at radius 3 is 2.02 bits per heavy atom. The summed E-state index contributed by atoms with van der Waals surface area (Å²) >= 11 is 0. The lowest BCUT2D eigenvalue weighted by atomic mass is 9.78. The van der Waals surface area contributed by atoms with E-state index < -0.39 is 50.5 Å². The Labute approximate surface area is 276 Å². The van der Waals surface area contributed by atoms with Crippen molar-refractivity contribution in [3.05, 3.63) is 60.1 Å². The minimum absolute atomic E-state index is 0.125. The van der Waals surface area contributed by atoms with Crippen LogP contribution in [0.2, 0.25) is 0 Å². The van der Waals surface area contributed by atoms with Gasteiger partial charge in [-0.05, 0) is 77.9 Å². The maximum Gasteiger partial charge on any atom is 0.401 e. The first-order chi connectivity index (χ1) is 21.9.